The van der Waals surface area contributed by atoms with Crippen LogP contribution in [-0.2, 0) is 17.5 Å². The van der Waals surface area contributed by atoms with Gasteiger partial charge in [0.15, 0.2) is 0 Å². The Balaban J connectivity index is 3.03. The molecule has 1 aromatic carbocycles. The second-order valence-corrected chi connectivity index (χ2v) is 8.05. The molecular formula is C12H13F3INOS. The van der Waals surface area contributed by atoms with Crippen LogP contribution in [0.15, 0.2) is 22.6 Å². The zero-order valence-corrected chi connectivity index (χ0v) is 13.6. The minimum absolute atomic E-state index is 0.289. The summed E-state index contributed by atoms with van der Waals surface area (Å²) >= 11 is 0.320. The predicted octanol–water partition coefficient (Wildman–Crippen LogP) is 4.19. The van der Waals surface area contributed by atoms with Crippen LogP contribution in [0.5, 0.6) is 0 Å². The molecule has 0 aliphatic rings. The van der Waals surface area contributed by atoms with E-state index in [4.69, 9.17) is 0 Å². The summed E-state index contributed by atoms with van der Waals surface area (Å²) in [6, 6.07) is 3.60. The van der Waals surface area contributed by atoms with Crippen LogP contribution in [0.1, 0.15) is 31.9 Å². The first-order chi connectivity index (χ1) is 8.50. The molecule has 1 rings (SSSR count). The second kappa shape index (κ2) is 6.01. The van der Waals surface area contributed by atoms with Crippen LogP contribution in [0.2, 0.25) is 0 Å². The fraction of sp³-hybridized carbons (Fsp3) is 0.417. The summed E-state index contributed by atoms with van der Waals surface area (Å²) in [7, 11) is 0. The molecule has 0 bridgehead atoms. The molecule has 0 amide bonds. The summed E-state index contributed by atoms with van der Waals surface area (Å²) in [5.74, 6) is 0. The molecule has 2 nitrogen and oxygen atoms in total. The first kappa shape index (κ1) is 16.8. The van der Waals surface area contributed by atoms with Gasteiger partial charge in [0.1, 0.15) is 16.1 Å². The third-order valence-electron chi connectivity index (χ3n) is 2.07. The lowest BCUT2D eigenvalue weighted by Gasteiger charge is -2.17. The third-order valence-corrected chi connectivity index (χ3v) is 4.04. The fourth-order valence-electron chi connectivity index (χ4n) is 1.12. The number of hydrogen-bond donors (Lipinski definition) is 0. The Kier molecular flexibility index (Phi) is 5.30. The minimum atomic E-state index is -4.40. The SMILES string of the molecule is CC(C)(C)[S+]([O-])/N=C/c1cc(I)cc(C(F)(F)F)c1. The molecule has 0 fully saturated rings. The van der Waals surface area contributed by atoms with E-state index in [0.29, 0.717) is 3.57 Å². The van der Waals surface area contributed by atoms with Gasteiger partial charge in [0.2, 0.25) is 0 Å². The van der Waals surface area contributed by atoms with Gasteiger partial charge in [0.05, 0.1) is 11.8 Å². The first-order valence-electron chi connectivity index (χ1n) is 5.34. The Bertz CT molecular complexity index is 483. The van der Waals surface area contributed by atoms with Crippen LogP contribution in [0, 0.1) is 3.57 Å². The van der Waals surface area contributed by atoms with E-state index in [1.807, 2.05) is 0 Å². The summed E-state index contributed by atoms with van der Waals surface area (Å²) in [5.41, 5.74) is -0.445. The van der Waals surface area contributed by atoms with Crippen molar-refractivity contribution in [1.29, 1.82) is 0 Å². The summed E-state index contributed by atoms with van der Waals surface area (Å²) in [6.45, 7) is 5.24. The average Bonchev–Trinajstić information content (AvgIpc) is 2.22. The molecule has 0 N–H and O–H groups in total. The molecule has 0 radical (unpaired) electrons. The Hall–Kier alpha value is -0.280. The molecule has 0 aliphatic carbocycles. The van der Waals surface area contributed by atoms with E-state index in [2.05, 4.69) is 4.40 Å². The third kappa shape index (κ3) is 5.31. The molecule has 0 saturated carbocycles. The maximum absolute atomic E-state index is 12.6. The number of benzene rings is 1. The number of nitrogens with zero attached hydrogens (tertiary/aromatic N) is 1. The van der Waals surface area contributed by atoms with Crippen molar-refractivity contribution in [3.63, 3.8) is 0 Å². The molecule has 0 aromatic heterocycles. The van der Waals surface area contributed by atoms with Crippen molar-refractivity contribution >= 4 is 40.2 Å². The summed E-state index contributed by atoms with van der Waals surface area (Å²) in [4.78, 5) is 0. The van der Waals surface area contributed by atoms with E-state index in [1.54, 1.807) is 49.4 Å². The molecule has 0 aliphatic heterocycles. The maximum atomic E-state index is 12.6. The van der Waals surface area contributed by atoms with Gasteiger partial charge in [-0.1, -0.05) is 4.40 Å². The van der Waals surface area contributed by atoms with Crippen molar-refractivity contribution in [2.24, 2.45) is 4.40 Å². The highest BCUT2D eigenvalue weighted by Crippen LogP contribution is 2.30. The summed E-state index contributed by atoms with van der Waals surface area (Å²) < 4.78 is 53.3. The molecule has 1 unspecified atom stereocenters. The van der Waals surface area contributed by atoms with Crippen molar-refractivity contribution in [3.05, 3.63) is 32.9 Å². The lowest BCUT2D eigenvalue weighted by Crippen LogP contribution is -2.25. The highest BCUT2D eigenvalue weighted by molar-refractivity contribution is 14.1. The zero-order chi connectivity index (χ0) is 14.8. The maximum Gasteiger partial charge on any atom is 0.416 e. The van der Waals surface area contributed by atoms with E-state index < -0.39 is 27.8 Å². The minimum Gasteiger partial charge on any atom is -0.591 e. The van der Waals surface area contributed by atoms with Gasteiger partial charge >= 0.3 is 6.18 Å². The second-order valence-electron chi connectivity index (χ2n) is 4.87. The highest BCUT2D eigenvalue weighted by Gasteiger charge is 2.31. The number of hydrogen-bond acceptors (Lipinski definition) is 2. The molecule has 1 aromatic rings. The molecule has 106 valence electrons. The Labute approximate surface area is 127 Å². The van der Waals surface area contributed by atoms with Gasteiger partial charge in [-0.15, -0.1) is 0 Å². The Morgan fingerprint density at radius 3 is 2.26 bits per heavy atom. The highest BCUT2D eigenvalue weighted by atomic mass is 127. The van der Waals surface area contributed by atoms with Crippen LogP contribution >= 0.6 is 22.6 Å². The van der Waals surface area contributed by atoms with Gasteiger partial charge in [-0.05, 0) is 67.1 Å². The van der Waals surface area contributed by atoms with Gasteiger partial charge in [0.25, 0.3) is 0 Å². The molecule has 0 saturated heterocycles. The van der Waals surface area contributed by atoms with Crippen LogP contribution < -0.4 is 0 Å². The van der Waals surface area contributed by atoms with Gasteiger partial charge in [-0.25, -0.2) is 0 Å². The molecule has 1 atom stereocenters. The largest absolute Gasteiger partial charge is 0.591 e. The lowest BCUT2D eigenvalue weighted by molar-refractivity contribution is -0.137. The van der Waals surface area contributed by atoms with Crippen molar-refractivity contribution in [2.75, 3.05) is 0 Å². The van der Waals surface area contributed by atoms with Gasteiger partial charge in [0, 0.05) is 3.57 Å². The van der Waals surface area contributed by atoms with E-state index in [-0.39, 0.29) is 5.56 Å². The lowest BCUT2D eigenvalue weighted by atomic mass is 10.1. The Morgan fingerprint density at radius 1 is 1.21 bits per heavy atom. The monoisotopic (exact) mass is 403 g/mol. The molecule has 19 heavy (non-hydrogen) atoms. The van der Waals surface area contributed by atoms with Gasteiger partial charge < -0.3 is 4.55 Å². The smallest absolute Gasteiger partial charge is 0.416 e. The molecular weight excluding hydrogens is 390 g/mol. The molecule has 0 spiro atoms. The quantitative estimate of drug-likeness (QED) is 0.415. The van der Waals surface area contributed by atoms with E-state index in [1.165, 1.54) is 6.21 Å². The van der Waals surface area contributed by atoms with Crippen LogP contribution in [-0.4, -0.2) is 15.5 Å². The standard InChI is InChI=1S/C12H13F3INOS/c1-11(2,3)19(18)17-7-8-4-9(12(13,14)15)6-10(16)5-8/h4-7H,1-3H3/b17-7+. The fourth-order valence-corrected chi connectivity index (χ4v) is 2.35. The van der Waals surface area contributed by atoms with Crippen molar-refractivity contribution < 1.29 is 17.7 Å². The van der Waals surface area contributed by atoms with Crippen LogP contribution in [0.3, 0.4) is 0 Å². The number of halogens is 4. The van der Waals surface area contributed by atoms with Crippen LogP contribution in [0.4, 0.5) is 13.2 Å². The van der Waals surface area contributed by atoms with Crippen molar-refractivity contribution in [1.82, 2.24) is 0 Å². The van der Waals surface area contributed by atoms with Crippen molar-refractivity contribution in [3.8, 4) is 0 Å². The van der Waals surface area contributed by atoms with Gasteiger partial charge in [-0.2, -0.15) is 13.2 Å². The zero-order valence-electron chi connectivity index (χ0n) is 10.6. The van der Waals surface area contributed by atoms with Crippen LogP contribution in [0.25, 0.3) is 0 Å². The normalized spacial score (nSPS) is 14.9. The topological polar surface area (TPSA) is 35.4 Å². The summed E-state index contributed by atoms with van der Waals surface area (Å²) in [5, 5.41) is 0. The average molecular weight is 403 g/mol. The van der Waals surface area contributed by atoms with Gasteiger partial charge in [-0.3, -0.25) is 0 Å². The van der Waals surface area contributed by atoms with E-state index in [0.717, 1.165) is 12.1 Å². The van der Waals surface area contributed by atoms with E-state index in [9.17, 15) is 17.7 Å². The molecule has 7 heteroatoms. The number of rotatable bonds is 2. The predicted molar refractivity (Wildman–Crippen MR) is 79.7 cm³/mol. The van der Waals surface area contributed by atoms with Crippen molar-refractivity contribution in [2.45, 2.75) is 31.7 Å². The van der Waals surface area contributed by atoms with E-state index >= 15 is 0 Å². The first-order valence-corrected chi connectivity index (χ1v) is 7.52. The Morgan fingerprint density at radius 2 is 1.79 bits per heavy atom. The number of alkyl halides is 3. The summed E-state index contributed by atoms with van der Waals surface area (Å²) in [6.07, 6.45) is -3.17. The molecule has 0 heterocycles.